The number of ether oxygens (including phenoxy) is 3. The van der Waals surface area contributed by atoms with Gasteiger partial charge in [-0.3, -0.25) is 4.79 Å². The predicted molar refractivity (Wildman–Crippen MR) is 139 cm³/mol. The first kappa shape index (κ1) is 25.9. The molecule has 0 radical (unpaired) electrons. The molecular weight excluding hydrogens is 566 g/mol. The van der Waals surface area contributed by atoms with Crippen LogP contribution >= 0.6 is 31.9 Å². The van der Waals surface area contributed by atoms with Crippen molar-refractivity contribution in [3.05, 3.63) is 80.2 Å². The zero-order valence-corrected chi connectivity index (χ0v) is 22.6. The molecule has 0 aliphatic heterocycles. The lowest BCUT2D eigenvalue weighted by atomic mass is 10.0. The molecule has 0 unspecified atom stereocenters. The molecule has 0 fully saturated rings. The molecule has 0 aliphatic rings. The van der Waals surface area contributed by atoms with Crippen LogP contribution in [0.2, 0.25) is 0 Å². The highest BCUT2D eigenvalue weighted by Gasteiger charge is 2.26. The van der Waals surface area contributed by atoms with E-state index in [2.05, 4.69) is 31.9 Å². The summed E-state index contributed by atoms with van der Waals surface area (Å²) in [5.74, 6) is 1.29. The minimum absolute atomic E-state index is 0.0531. The molecule has 34 heavy (non-hydrogen) atoms. The van der Waals surface area contributed by atoms with Gasteiger partial charge in [0.1, 0.15) is 0 Å². The van der Waals surface area contributed by atoms with Gasteiger partial charge in [-0.2, -0.15) is 0 Å². The van der Waals surface area contributed by atoms with Gasteiger partial charge in [0.2, 0.25) is 0 Å². The first-order chi connectivity index (χ1) is 16.3. The number of phenols is 1. The van der Waals surface area contributed by atoms with Crippen LogP contribution in [0.5, 0.6) is 23.0 Å². The molecule has 6 nitrogen and oxygen atoms in total. The van der Waals surface area contributed by atoms with E-state index < -0.39 is 0 Å². The van der Waals surface area contributed by atoms with Gasteiger partial charge in [0.25, 0.3) is 5.91 Å². The maximum absolute atomic E-state index is 13.8. The number of amides is 1. The Morgan fingerprint density at radius 1 is 0.912 bits per heavy atom. The number of phenolic OH excluding ortho intramolecular Hbond substituents is 1. The Morgan fingerprint density at radius 3 is 2.12 bits per heavy atom. The molecule has 0 aliphatic carbocycles. The summed E-state index contributed by atoms with van der Waals surface area (Å²) < 4.78 is 17.4. The number of rotatable bonds is 9. The van der Waals surface area contributed by atoms with Crippen LogP contribution in [0.3, 0.4) is 0 Å². The first-order valence-corrected chi connectivity index (χ1v) is 12.2. The van der Waals surface area contributed by atoms with Crippen LogP contribution < -0.4 is 14.2 Å². The lowest BCUT2D eigenvalue weighted by molar-refractivity contribution is 0.0691. The van der Waals surface area contributed by atoms with Gasteiger partial charge < -0.3 is 24.2 Å². The number of nitrogens with zero attached hydrogens (tertiary/aromatic N) is 1. The molecule has 0 spiro atoms. The van der Waals surface area contributed by atoms with Crippen molar-refractivity contribution < 1.29 is 24.1 Å². The SMILES string of the molecule is COc1cc(Br)c(CCN(C(=O)c2cc(OC)c(OC)cc2Br)[C@@H](C)c2ccccc2)cc1O. The van der Waals surface area contributed by atoms with Crippen LogP contribution in [0, 0.1) is 0 Å². The summed E-state index contributed by atoms with van der Waals surface area (Å²) in [4.78, 5) is 15.7. The smallest absolute Gasteiger partial charge is 0.255 e. The molecule has 0 saturated carbocycles. The van der Waals surface area contributed by atoms with Gasteiger partial charge in [-0.05, 0) is 64.7 Å². The van der Waals surface area contributed by atoms with E-state index in [1.54, 1.807) is 31.4 Å². The number of carbonyl (C=O) groups excluding carboxylic acids is 1. The Hall–Kier alpha value is -2.71. The largest absolute Gasteiger partial charge is 0.504 e. The fraction of sp³-hybridized carbons (Fsp3) is 0.269. The minimum atomic E-state index is -0.195. The predicted octanol–water partition coefficient (Wildman–Crippen LogP) is 6.39. The average Bonchev–Trinajstić information content (AvgIpc) is 2.85. The second-order valence-electron chi connectivity index (χ2n) is 7.64. The molecular formula is C26H27Br2NO5. The van der Waals surface area contributed by atoms with E-state index in [9.17, 15) is 9.90 Å². The van der Waals surface area contributed by atoms with Crippen molar-refractivity contribution in [1.82, 2.24) is 4.90 Å². The van der Waals surface area contributed by atoms with E-state index in [4.69, 9.17) is 14.2 Å². The third-order valence-electron chi connectivity index (χ3n) is 5.68. The van der Waals surface area contributed by atoms with Crippen molar-refractivity contribution in [1.29, 1.82) is 0 Å². The van der Waals surface area contributed by atoms with E-state index in [1.165, 1.54) is 14.2 Å². The summed E-state index contributed by atoms with van der Waals surface area (Å²) in [6, 6.07) is 16.5. The monoisotopic (exact) mass is 591 g/mol. The van der Waals surface area contributed by atoms with Gasteiger partial charge in [-0.25, -0.2) is 0 Å². The summed E-state index contributed by atoms with van der Waals surface area (Å²) in [6.45, 7) is 2.42. The lowest BCUT2D eigenvalue weighted by Crippen LogP contribution is -2.35. The lowest BCUT2D eigenvalue weighted by Gasteiger charge is -2.30. The zero-order chi connectivity index (χ0) is 24.8. The molecule has 1 amide bonds. The highest BCUT2D eigenvalue weighted by Crippen LogP contribution is 2.36. The Kier molecular flexibility index (Phi) is 8.85. The molecule has 0 heterocycles. The van der Waals surface area contributed by atoms with E-state index in [0.717, 1.165) is 15.6 Å². The van der Waals surface area contributed by atoms with Crippen molar-refractivity contribution in [2.24, 2.45) is 0 Å². The van der Waals surface area contributed by atoms with Crippen molar-refractivity contribution in [3.8, 4) is 23.0 Å². The number of halogens is 2. The number of benzene rings is 3. The van der Waals surface area contributed by atoms with Gasteiger partial charge >= 0.3 is 0 Å². The number of aromatic hydroxyl groups is 1. The Morgan fingerprint density at radius 2 is 1.50 bits per heavy atom. The van der Waals surface area contributed by atoms with Gasteiger partial charge in [0.15, 0.2) is 23.0 Å². The van der Waals surface area contributed by atoms with Gasteiger partial charge in [0, 0.05) is 15.5 Å². The third kappa shape index (κ3) is 5.67. The molecule has 0 bridgehead atoms. The summed E-state index contributed by atoms with van der Waals surface area (Å²) in [7, 11) is 4.60. The molecule has 3 aromatic rings. The second kappa shape index (κ2) is 11.6. The number of carbonyl (C=O) groups is 1. The van der Waals surface area contributed by atoms with Crippen molar-refractivity contribution >= 4 is 37.8 Å². The molecule has 0 aromatic heterocycles. The highest BCUT2D eigenvalue weighted by molar-refractivity contribution is 9.10. The maximum Gasteiger partial charge on any atom is 0.255 e. The van der Waals surface area contributed by atoms with Crippen molar-refractivity contribution in [2.75, 3.05) is 27.9 Å². The summed E-state index contributed by atoms with van der Waals surface area (Å²) in [6.07, 6.45) is 0.520. The topological polar surface area (TPSA) is 68.2 Å². The average molecular weight is 593 g/mol. The standard InChI is InChI=1S/C26H27Br2NO5/c1-16(17-8-6-5-7-9-17)29(11-10-18-12-22(30)23(32-2)14-20(18)27)26(31)19-13-24(33-3)25(34-4)15-21(19)28/h5-9,12-16,30H,10-11H2,1-4H3/t16-/m0/s1. The number of methoxy groups -OCH3 is 3. The van der Waals surface area contributed by atoms with Crippen LogP contribution in [-0.2, 0) is 6.42 Å². The van der Waals surface area contributed by atoms with Crippen molar-refractivity contribution in [2.45, 2.75) is 19.4 Å². The zero-order valence-electron chi connectivity index (χ0n) is 19.5. The van der Waals surface area contributed by atoms with E-state index in [-0.39, 0.29) is 17.7 Å². The van der Waals surface area contributed by atoms with E-state index >= 15 is 0 Å². The summed E-state index contributed by atoms with van der Waals surface area (Å²) >= 11 is 7.07. The van der Waals surface area contributed by atoms with Gasteiger partial charge in [-0.15, -0.1) is 0 Å². The maximum atomic E-state index is 13.8. The fourth-order valence-electron chi connectivity index (χ4n) is 3.74. The van der Waals surface area contributed by atoms with Gasteiger partial charge in [-0.1, -0.05) is 46.3 Å². The quantitative estimate of drug-likeness (QED) is 0.312. The Labute approximate surface area is 216 Å². The first-order valence-electron chi connectivity index (χ1n) is 10.6. The van der Waals surface area contributed by atoms with Crippen LogP contribution in [0.1, 0.15) is 34.5 Å². The fourth-order valence-corrected chi connectivity index (χ4v) is 4.75. The van der Waals surface area contributed by atoms with Crippen LogP contribution in [0.25, 0.3) is 0 Å². The molecule has 1 N–H and O–H groups in total. The molecule has 1 atom stereocenters. The molecule has 0 saturated heterocycles. The van der Waals surface area contributed by atoms with Crippen LogP contribution in [0.15, 0.2) is 63.5 Å². The van der Waals surface area contributed by atoms with E-state index in [0.29, 0.717) is 40.3 Å². The van der Waals surface area contributed by atoms with Gasteiger partial charge in [0.05, 0.1) is 32.9 Å². The van der Waals surface area contributed by atoms with E-state index in [1.807, 2.05) is 42.2 Å². The Bertz CT molecular complexity index is 1150. The summed E-state index contributed by atoms with van der Waals surface area (Å²) in [5.41, 5.74) is 2.35. The molecule has 8 heteroatoms. The third-order valence-corrected chi connectivity index (χ3v) is 7.08. The highest BCUT2D eigenvalue weighted by atomic mass is 79.9. The number of hydrogen-bond donors (Lipinski definition) is 1. The Balaban J connectivity index is 1.98. The molecule has 3 aromatic carbocycles. The minimum Gasteiger partial charge on any atom is -0.504 e. The normalized spacial score (nSPS) is 11.6. The van der Waals surface area contributed by atoms with Crippen molar-refractivity contribution in [3.63, 3.8) is 0 Å². The second-order valence-corrected chi connectivity index (χ2v) is 9.35. The molecule has 180 valence electrons. The van der Waals surface area contributed by atoms with Crippen LogP contribution in [-0.4, -0.2) is 43.8 Å². The number of hydrogen-bond acceptors (Lipinski definition) is 5. The van der Waals surface area contributed by atoms with Crippen LogP contribution in [0.4, 0.5) is 0 Å². The summed E-state index contributed by atoms with van der Waals surface area (Å²) in [5, 5.41) is 10.2. The molecule has 3 rings (SSSR count).